The Kier molecular flexibility index (Phi) is 3.02. The molecule has 1 aliphatic rings. The number of rotatable bonds is 0. The van der Waals surface area contributed by atoms with Gasteiger partial charge < -0.3 is 11.1 Å². The van der Waals surface area contributed by atoms with E-state index in [-0.39, 0.29) is 0 Å². The molecule has 0 unspecified atom stereocenters. The number of anilines is 1. The van der Waals surface area contributed by atoms with Crippen molar-refractivity contribution in [2.75, 3.05) is 11.9 Å². The van der Waals surface area contributed by atoms with Gasteiger partial charge in [0.15, 0.2) is 0 Å². The molecule has 2 rings (SSSR count). The summed E-state index contributed by atoms with van der Waals surface area (Å²) >= 11 is 1.77. The van der Waals surface area contributed by atoms with Crippen LogP contribution in [0, 0.1) is 0 Å². The molecule has 2 nitrogen and oxygen atoms in total. The van der Waals surface area contributed by atoms with E-state index in [4.69, 9.17) is 5.73 Å². The van der Waals surface area contributed by atoms with E-state index in [1.807, 2.05) is 6.07 Å². The topological polar surface area (TPSA) is 38.0 Å². The van der Waals surface area contributed by atoms with Crippen LogP contribution in [-0.2, 0) is 0 Å². The van der Waals surface area contributed by atoms with Gasteiger partial charge in [-0.05, 0) is 41.8 Å². The van der Waals surface area contributed by atoms with Crippen molar-refractivity contribution >= 4 is 17.4 Å². The maximum Gasteiger partial charge on any atom is 0.0484 e. The van der Waals surface area contributed by atoms with E-state index in [1.165, 1.54) is 15.5 Å². The van der Waals surface area contributed by atoms with Gasteiger partial charge in [0.05, 0.1) is 0 Å². The number of hydrogen-bond donors (Lipinski definition) is 2. The van der Waals surface area contributed by atoms with Crippen molar-refractivity contribution in [2.24, 2.45) is 5.73 Å². The van der Waals surface area contributed by atoms with Crippen LogP contribution in [0.4, 0.5) is 5.69 Å². The van der Waals surface area contributed by atoms with E-state index >= 15 is 0 Å². The molecule has 15 heavy (non-hydrogen) atoms. The predicted molar refractivity (Wildman–Crippen MR) is 66.8 cm³/mol. The molecule has 0 aliphatic carbocycles. The van der Waals surface area contributed by atoms with Gasteiger partial charge >= 0.3 is 0 Å². The zero-order chi connectivity index (χ0) is 10.7. The van der Waals surface area contributed by atoms with Gasteiger partial charge in [-0.2, -0.15) is 0 Å². The lowest BCUT2D eigenvalue weighted by Crippen LogP contribution is -2.07. The first kappa shape index (κ1) is 10.2. The third kappa shape index (κ3) is 2.36. The zero-order valence-electron chi connectivity index (χ0n) is 8.66. The Morgan fingerprint density at radius 2 is 2.20 bits per heavy atom. The number of nitrogens with two attached hydrogens (primary N) is 1. The smallest absolute Gasteiger partial charge is 0.0484 e. The second-order valence-corrected chi connectivity index (χ2v) is 4.74. The van der Waals surface area contributed by atoms with Crippen LogP contribution in [0.15, 0.2) is 51.9 Å². The molecule has 1 aliphatic heterocycles. The Morgan fingerprint density at radius 1 is 1.40 bits per heavy atom. The van der Waals surface area contributed by atoms with Crippen LogP contribution in [0.2, 0.25) is 0 Å². The molecule has 0 radical (unpaired) electrons. The molecule has 0 saturated heterocycles. The van der Waals surface area contributed by atoms with Gasteiger partial charge in [0.1, 0.15) is 0 Å². The molecular weight excluding hydrogens is 204 g/mol. The van der Waals surface area contributed by atoms with E-state index < -0.39 is 0 Å². The summed E-state index contributed by atoms with van der Waals surface area (Å²) in [6.45, 7) is 2.89. The largest absolute Gasteiger partial charge is 0.404 e. The van der Waals surface area contributed by atoms with Crippen LogP contribution < -0.4 is 11.1 Å². The first-order valence-corrected chi connectivity index (χ1v) is 5.71. The molecule has 0 fully saturated rings. The lowest BCUT2D eigenvalue weighted by molar-refractivity contribution is 1.20. The van der Waals surface area contributed by atoms with E-state index in [1.54, 1.807) is 18.0 Å². The molecule has 3 heteroatoms. The fourth-order valence-electron chi connectivity index (χ4n) is 1.52. The molecule has 0 atom stereocenters. The second kappa shape index (κ2) is 4.45. The lowest BCUT2D eigenvalue weighted by Gasteiger charge is -2.15. The minimum absolute atomic E-state index is 0.783. The van der Waals surface area contributed by atoms with E-state index in [2.05, 4.69) is 36.5 Å². The molecule has 0 aromatic heterocycles. The van der Waals surface area contributed by atoms with Crippen LogP contribution in [0.3, 0.4) is 0 Å². The fourth-order valence-corrected chi connectivity index (χ4v) is 2.47. The Hall–Kier alpha value is -1.35. The highest BCUT2D eigenvalue weighted by atomic mass is 32.2. The second-order valence-electron chi connectivity index (χ2n) is 3.45. The van der Waals surface area contributed by atoms with Crippen LogP contribution in [-0.4, -0.2) is 6.54 Å². The average Bonchev–Trinajstić information content (AvgIpc) is 2.23. The van der Waals surface area contributed by atoms with Crippen LogP contribution >= 0.6 is 11.8 Å². The van der Waals surface area contributed by atoms with Crippen molar-refractivity contribution in [1.82, 2.24) is 0 Å². The first-order chi connectivity index (χ1) is 7.29. The number of para-hydroxylation sites is 1. The summed E-state index contributed by atoms with van der Waals surface area (Å²) in [6, 6.07) is 8.32. The van der Waals surface area contributed by atoms with Crippen LogP contribution in [0.25, 0.3) is 0 Å². The SMILES string of the molecule is C/C1=C/C(=C/N)CNc2ccccc2S1. The van der Waals surface area contributed by atoms with Gasteiger partial charge in [-0.1, -0.05) is 23.9 Å². The highest BCUT2D eigenvalue weighted by molar-refractivity contribution is 8.03. The summed E-state index contributed by atoms with van der Waals surface area (Å²) in [7, 11) is 0. The average molecular weight is 218 g/mol. The molecule has 0 saturated carbocycles. The Bertz CT molecular complexity index is 421. The summed E-state index contributed by atoms with van der Waals surface area (Å²) < 4.78 is 0. The number of hydrogen-bond acceptors (Lipinski definition) is 3. The molecule has 78 valence electrons. The van der Waals surface area contributed by atoms with Crippen molar-refractivity contribution in [3.8, 4) is 0 Å². The van der Waals surface area contributed by atoms with Gasteiger partial charge in [0.2, 0.25) is 0 Å². The number of thioether (sulfide) groups is 1. The summed E-state index contributed by atoms with van der Waals surface area (Å²) in [5.41, 5.74) is 7.85. The van der Waals surface area contributed by atoms with Crippen molar-refractivity contribution < 1.29 is 0 Å². The molecule has 0 amide bonds. The van der Waals surface area contributed by atoms with Crippen molar-refractivity contribution in [1.29, 1.82) is 0 Å². The van der Waals surface area contributed by atoms with Crippen molar-refractivity contribution in [3.63, 3.8) is 0 Å². The van der Waals surface area contributed by atoms with Gasteiger partial charge in [0.25, 0.3) is 0 Å². The minimum atomic E-state index is 0.783. The first-order valence-electron chi connectivity index (χ1n) is 4.89. The molecule has 1 aromatic carbocycles. The number of nitrogens with one attached hydrogen (secondary N) is 1. The van der Waals surface area contributed by atoms with Crippen LogP contribution in [0.5, 0.6) is 0 Å². The Morgan fingerprint density at radius 3 is 3.00 bits per heavy atom. The maximum atomic E-state index is 5.55. The van der Waals surface area contributed by atoms with E-state index in [0.717, 1.165) is 12.1 Å². The predicted octanol–water partition coefficient (Wildman–Crippen LogP) is 2.95. The van der Waals surface area contributed by atoms with Gasteiger partial charge in [-0.3, -0.25) is 0 Å². The lowest BCUT2D eigenvalue weighted by atomic mass is 10.2. The zero-order valence-corrected chi connectivity index (χ0v) is 9.47. The standard InChI is InChI=1S/C12H14N2S/c1-9-6-10(7-13)8-14-11-4-2-3-5-12(11)15-9/h2-7,14H,8,13H2,1H3/b9-6-,10-7-. The number of allylic oxidation sites excluding steroid dienone is 1. The van der Waals surface area contributed by atoms with Gasteiger partial charge in [-0.15, -0.1) is 0 Å². The molecule has 3 N–H and O–H groups in total. The highest BCUT2D eigenvalue weighted by Crippen LogP contribution is 2.34. The van der Waals surface area contributed by atoms with Crippen LogP contribution in [0.1, 0.15) is 6.92 Å². The third-order valence-electron chi connectivity index (χ3n) is 2.24. The Labute approximate surface area is 94.2 Å². The highest BCUT2D eigenvalue weighted by Gasteiger charge is 2.07. The van der Waals surface area contributed by atoms with Crippen molar-refractivity contribution in [3.05, 3.63) is 47.0 Å². The molecular formula is C12H14N2S. The third-order valence-corrected chi connectivity index (χ3v) is 3.26. The van der Waals surface area contributed by atoms with E-state index in [9.17, 15) is 0 Å². The molecule has 1 heterocycles. The van der Waals surface area contributed by atoms with E-state index in [0.29, 0.717) is 0 Å². The Balaban J connectivity index is 2.36. The summed E-state index contributed by atoms with van der Waals surface area (Å²) in [4.78, 5) is 2.53. The fraction of sp³-hybridized carbons (Fsp3) is 0.167. The number of fused-ring (bicyclic) bond motifs is 1. The molecule has 1 aromatic rings. The molecule has 0 spiro atoms. The number of benzene rings is 1. The van der Waals surface area contributed by atoms with Crippen molar-refractivity contribution in [2.45, 2.75) is 11.8 Å². The molecule has 0 bridgehead atoms. The monoisotopic (exact) mass is 218 g/mol. The minimum Gasteiger partial charge on any atom is -0.404 e. The van der Waals surface area contributed by atoms with Gasteiger partial charge in [0, 0.05) is 17.1 Å². The maximum absolute atomic E-state index is 5.55. The van der Waals surface area contributed by atoms with Gasteiger partial charge in [-0.25, -0.2) is 0 Å². The summed E-state index contributed by atoms with van der Waals surface area (Å²) in [6.07, 6.45) is 3.78. The quantitative estimate of drug-likeness (QED) is 0.703. The summed E-state index contributed by atoms with van der Waals surface area (Å²) in [5.74, 6) is 0. The normalized spacial score (nSPS) is 21.9. The summed E-state index contributed by atoms with van der Waals surface area (Å²) in [5, 5.41) is 3.37.